The first kappa shape index (κ1) is 13.2. The fraction of sp³-hybridized carbons (Fsp3) is 0.462. The Balaban J connectivity index is 1.95. The second-order valence-corrected chi connectivity index (χ2v) is 4.99. The molecule has 1 amide bonds. The van der Waals surface area contributed by atoms with Gasteiger partial charge in [-0.25, -0.2) is 0 Å². The standard InChI is InChI=1S/C13H17ClN2O2/c1-9(13(17)16-6-5-11(15)8-16)18-12-4-2-3-10(14)7-12/h2-4,7,9,11H,5-6,8,15H2,1H3/t9-,11-/m1/s1. The number of carbonyl (C=O) groups excluding carboxylic acids is 1. The average molecular weight is 269 g/mol. The van der Waals surface area contributed by atoms with Crippen LogP contribution in [-0.2, 0) is 4.79 Å². The van der Waals surface area contributed by atoms with Crippen molar-refractivity contribution in [1.82, 2.24) is 4.90 Å². The molecule has 1 aromatic rings. The predicted molar refractivity (Wildman–Crippen MR) is 70.7 cm³/mol. The number of nitrogens with zero attached hydrogens (tertiary/aromatic N) is 1. The zero-order chi connectivity index (χ0) is 13.1. The Labute approximate surface area is 112 Å². The molecule has 4 nitrogen and oxygen atoms in total. The molecule has 0 bridgehead atoms. The van der Waals surface area contributed by atoms with Crippen LogP contribution in [0.2, 0.25) is 5.02 Å². The molecule has 1 heterocycles. The molecule has 1 saturated heterocycles. The SMILES string of the molecule is C[C@@H](Oc1cccc(Cl)c1)C(=O)N1CC[C@@H](N)C1. The molecule has 2 atom stereocenters. The van der Waals surface area contributed by atoms with E-state index < -0.39 is 6.10 Å². The molecular formula is C13H17ClN2O2. The van der Waals surface area contributed by atoms with Gasteiger partial charge in [0.15, 0.2) is 6.10 Å². The van der Waals surface area contributed by atoms with Crippen molar-refractivity contribution < 1.29 is 9.53 Å². The van der Waals surface area contributed by atoms with Gasteiger partial charge in [0.05, 0.1) is 0 Å². The van der Waals surface area contributed by atoms with Gasteiger partial charge in [0, 0.05) is 24.2 Å². The van der Waals surface area contributed by atoms with E-state index in [1.807, 2.05) is 0 Å². The molecule has 1 aliphatic rings. The largest absolute Gasteiger partial charge is 0.481 e. The van der Waals surface area contributed by atoms with Crippen molar-refractivity contribution in [3.8, 4) is 5.75 Å². The lowest BCUT2D eigenvalue weighted by Gasteiger charge is -2.21. The predicted octanol–water partition coefficient (Wildman–Crippen LogP) is 1.67. The first-order valence-electron chi connectivity index (χ1n) is 6.03. The highest BCUT2D eigenvalue weighted by Crippen LogP contribution is 2.19. The van der Waals surface area contributed by atoms with Crippen molar-refractivity contribution >= 4 is 17.5 Å². The molecule has 2 rings (SSSR count). The first-order chi connectivity index (χ1) is 8.56. The number of hydrogen-bond acceptors (Lipinski definition) is 3. The summed E-state index contributed by atoms with van der Waals surface area (Å²) in [6.07, 6.45) is 0.337. The quantitative estimate of drug-likeness (QED) is 0.907. The Hall–Kier alpha value is -1.26. The summed E-state index contributed by atoms with van der Waals surface area (Å²) in [5.41, 5.74) is 5.78. The summed E-state index contributed by atoms with van der Waals surface area (Å²) < 4.78 is 5.59. The second kappa shape index (κ2) is 5.59. The summed E-state index contributed by atoms with van der Waals surface area (Å²) in [6, 6.07) is 7.13. The third-order valence-corrected chi connectivity index (χ3v) is 3.23. The maximum absolute atomic E-state index is 12.1. The van der Waals surface area contributed by atoms with Crippen molar-refractivity contribution in [3.63, 3.8) is 0 Å². The lowest BCUT2D eigenvalue weighted by molar-refractivity contribution is -0.136. The molecule has 0 unspecified atom stereocenters. The summed E-state index contributed by atoms with van der Waals surface area (Å²) in [5.74, 6) is 0.578. The number of halogens is 1. The number of carbonyl (C=O) groups is 1. The Morgan fingerprint density at radius 2 is 2.39 bits per heavy atom. The van der Waals surface area contributed by atoms with E-state index in [2.05, 4.69) is 0 Å². The van der Waals surface area contributed by atoms with Crippen molar-refractivity contribution in [2.24, 2.45) is 5.73 Å². The lowest BCUT2D eigenvalue weighted by Crippen LogP contribution is -2.40. The number of hydrogen-bond donors (Lipinski definition) is 1. The maximum atomic E-state index is 12.1. The highest BCUT2D eigenvalue weighted by atomic mass is 35.5. The monoisotopic (exact) mass is 268 g/mol. The Morgan fingerprint density at radius 1 is 1.61 bits per heavy atom. The van der Waals surface area contributed by atoms with Crippen LogP contribution in [0.4, 0.5) is 0 Å². The van der Waals surface area contributed by atoms with E-state index in [1.54, 1.807) is 36.1 Å². The van der Waals surface area contributed by atoms with Gasteiger partial charge in [-0.05, 0) is 31.5 Å². The third-order valence-electron chi connectivity index (χ3n) is 2.99. The average Bonchev–Trinajstić information content (AvgIpc) is 2.75. The molecule has 5 heteroatoms. The number of nitrogens with two attached hydrogens (primary N) is 1. The molecule has 0 saturated carbocycles. The normalized spacial score (nSPS) is 20.8. The van der Waals surface area contributed by atoms with Gasteiger partial charge in [-0.15, -0.1) is 0 Å². The fourth-order valence-electron chi connectivity index (χ4n) is 2.04. The fourth-order valence-corrected chi connectivity index (χ4v) is 2.22. The summed E-state index contributed by atoms with van der Waals surface area (Å²) in [5, 5.41) is 0.593. The van der Waals surface area contributed by atoms with Crippen molar-refractivity contribution in [3.05, 3.63) is 29.3 Å². The minimum Gasteiger partial charge on any atom is -0.481 e. The van der Waals surface area contributed by atoms with Crippen LogP contribution < -0.4 is 10.5 Å². The van der Waals surface area contributed by atoms with Gasteiger partial charge in [-0.2, -0.15) is 0 Å². The van der Waals surface area contributed by atoms with E-state index >= 15 is 0 Å². The summed E-state index contributed by atoms with van der Waals surface area (Å²) in [4.78, 5) is 13.8. The van der Waals surface area contributed by atoms with Crippen molar-refractivity contribution in [2.75, 3.05) is 13.1 Å². The van der Waals surface area contributed by atoms with Gasteiger partial charge in [-0.1, -0.05) is 17.7 Å². The molecule has 2 N–H and O–H groups in total. The van der Waals surface area contributed by atoms with Crippen LogP contribution in [0, 0.1) is 0 Å². The molecule has 1 aliphatic heterocycles. The van der Waals surface area contributed by atoms with Crippen molar-refractivity contribution in [2.45, 2.75) is 25.5 Å². The molecule has 0 spiro atoms. The maximum Gasteiger partial charge on any atom is 0.263 e. The summed E-state index contributed by atoms with van der Waals surface area (Å²) >= 11 is 5.86. The Bertz CT molecular complexity index is 439. The highest BCUT2D eigenvalue weighted by molar-refractivity contribution is 6.30. The number of rotatable bonds is 3. The highest BCUT2D eigenvalue weighted by Gasteiger charge is 2.28. The third kappa shape index (κ3) is 3.15. The van der Waals surface area contributed by atoms with Crippen LogP contribution in [0.3, 0.4) is 0 Å². The van der Waals surface area contributed by atoms with Crippen molar-refractivity contribution in [1.29, 1.82) is 0 Å². The van der Waals surface area contributed by atoms with E-state index in [0.717, 1.165) is 6.42 Å². The van der Waals surface area contributed by atoms with Gasteiger partial charge in [0.2, 0.25) is 0 Å². The molecule has 1 fully saturated rings. The van der Waals surface area contributed by atoms with Crippen LogP contribution in [0.5, 0.6) is 5.75 Å². The van der Waals surface area contributed by atoms with Gasteiger partial charge >= 0.3 is 0 Å². The minimum atomic E-state index is -0.520. The number of likely N-dealkylation sites (tertiary alicyclic amines) is 1. The molecular weight excluding hydrogens is 252 g/mol. The van der Waals surface area contributed by atoms with E-state index in [1.165, 1.54) is 0 Å². The van der Waals surface area contributed by atoms with Crippen LogP contribution in [0.1, 0.15) is 13.3 Å². The summed E-state index contributed by atoms with van der Waals surface area (Å²) in [6.45, 7) is 3.07. The summed E-state index contributed by atoms with van der Waals surface area (Å²) in [7, 11) is 0. The first-order valence-corrected chi connectivity index (χ1v) is 6.40. The zero-order valence-electron chi connectivity index (χ0n) is 10.3. The van der Waals surface area contributed by atoms with Crippen LogP contribution in [0.15, 0.2) is 24.3 Å². The molecule has 1 aromatic carbocycles. The van der Waals surface area contributed by atoms with E-state index in [-0.39, 0.29) is 11.9 Å². The smallest absolute Gasteiger partial charge is 0.263 e. The van der Waals surface area contributed by atoms with Crippen LogP contribution in [0.25, 0.3) is 0 Å². The van der Waals surface area contributed by atoms with Gasteiger partial charge < -0.3 is 15.4 Å². The second-order valence-electron chi connectivity index (χ2n) is 4.55. The molecule has 0 radical (unpaired) electrons. The van der Waals surface area contributed by atoms with Crippen LogP contribution >= 0.6 is 11.6 Å². The van der Waals surface area contributed by atoms with Gasteiger partial charge in [-0.3, -0.25) is 4.79 Å². The number of ether oxygens (including phenoxy) is 1. The van der Waals surface area contributed by atoms with E-state index in [4.69, 9.17) is 22.1 Å². The minimum absolute atomic E-state index is 0.0251. The Morgan fingerprint density at radius 3 is 3.00 bits per heavy atom. The topological polar surface area (TPSA) is 55.6 Å². The molecule has 0 aromatic heterocycles. The lowest BCUT2D eigenvalue weighted by atomic mass is 10.3. The zero-order valence-corrected chi connectivity index (χ0v) is 11.1. The Kier molecular flexibility index (Phi) is 4.09. The van der Waals surface area contributed by atoms with Crippen LogP contribution in [-0.4, -0.2) is 36.0 Å². The number of amides is 1. The van der Waals surface area contributed by atoms with E-state index in [9.17, 15) is 4.79 Å². The van der Waals surface area contributed by atoms with E-state index in [0.29, 0.717) is 23.9 Å². The molecule has 18 heavy (non-hydrogen) atoms. The number of benzene rings is 1. The molecule has 98 valence electrons. The van der Waals surface area contributed by atoms with Gasteiger partial charge in [0.25, 0.3) is 5.91 Å². The molecule has 0 aliphatic carbocycles. The van der Waals surface area contributed by atoms with Gasteiger partial charge in [0.1, 0.15) is 5.75 Å².